The van der Waals surface area contributed by atoms with Crippen LogP contribution < -0.4 is 20.1 Å². The molecule has 0 aliphatic heterocycles. The van der Waals surface area contributed by atoms with E-state index in [0.717, 1.165) is 17.1 Å². The van der Waals surface area contributed by atoms with Crippen LogP contribution in [0, 0.1) is 0 Å². The standard InChI is InChI=1S/C24H34N4O3.HI/c1-6-28(7-2)23(29)20-13-11-19(12-14-20)17-27-24(25-4)26-16-18(3)31-22-10-8-9-21(15-22)30-5;/h8-15,18H,6-7,16-17H2,1-5H3,(H2,25,26,27);1H. The highest BCUT2D eigenvalue weighted by molar-refractivity contribution is 14.0. The van der Waals surface area contributed by atoms with Crippen molar-refractivity contribution in [2.75, 3.05) is 33.8 Å². The molecule has 2 N–H and O–H groups in total. The number of methoxy groups -OCH3 is 1. The summed E-state index contributed by atoms with van der Waals surface area (Å²) in [6.07, 6.45) is -0.0592. The van der Waals surface area contributed by atoms with Crippen molar-refractivity contribution < 1.29 is 14.3 Å². The zero-order valence-corrected chi connectivity index (χ0v) is 21.9. The van der Waals surface area contributed by atoms with Gasteiger partial charge in [-0.15, -0.1) is 24.0 Å². The minimum atomic E-state index is -0.0592. The lowest BCUT2D eigenvalue weighted by atomic mass is 10.1. The molecule has 0 saturated carbocycles. The Balaban J connectivity index is 0.00000512. The molecule has 7 nitrogen and oxygen atoms in total. The molecule has 0 bridgehead atoms. The predicted octanol–water partition coefficient (Wildman–Crippen LogP) is 3.93. The Bertz CT molecular complexity index is 855. The smallest absolute Gasteiger partial charge is 0.253 e. The fourth-order valence-corrected chi connectivity index (χ4v) is 3.05. The fraction of sp³-hybridized carbons (Fsp3) is 0.417. The number of benzene rings is 2. The first kappa shape index (κ1) is 27.5. The number of hydrogen-bond donors (Lipinski definition) is 2. The molecule has 32 heavy (non-hydrogen) atoms. The number of amides is 1. The van der Waals surface area contributed by atoms with Crippen LogP contribution in [0.25, 0.3) is 0 Å². The number of aliphatic imine (C=N–C) groups is 1. The molecule has 1 amide bonds. The maximum atomic E-state index is 12.4. The van der Waals surface area contributed by atoms with E-state index in [1.54, 1.807) is 14.2 Å². The van der Waals surface area contributed by atoms with Gasteiger partial charge in [0.05, 0.1) is 13.7 Å². The average molecular weight is 554 g/mol. The monoisotopic (exact) mass is 554 g/mol. The van der Waals surface area contributed by atoms with Crippen molar-refractivity contribution in [3.8, 4) is 11.5 Å². The first-order valence-corrected chi connectivity index (χ1v) is 10.6. The zero-order valence-electron chi connectivity index (χ0n) is 19.6. The lowest BCUT2D eigenvalue weighted by Crippen LogP contribution is -2.41. The molecular weight excluding hydrogens is 519 g/mol. The summed E-state index contributed by atoms with van der Waals surface area (Å²) in [6.45, 7) is 8.58. The van der Waals surface area contributed by atoms with Gasteiger partial charge in [0, 0.05) is 38.3 Å². The van der Waals surface area contributed by atoms with Gasteiger partial charge in [-0.05, 0) is 50.6 Å². The number of carbonyl (C=O) groups is 1. The van der Waals surface area contributed by atoms with Crippen LogP contribution in [-0.4, -0.2) is 56.7 Å². The summed E-state index contributed by atoms with van der Waals surface area (Å²) >= 11 is 0. The Morgan fingerprint density at radius 2 is 1.72 bits per heavy atom. The third-order valence-corrected chi connectivity index (χ3v) is 4.87. The van der Waals surface area contributed by atoms with Gasteiger partial charge in [0.1, 0.15) is 17.6 Å². The molecule has 176 valence electrons. The van der Waals surface area contributed by atoms with Crippen molar-refractivity contribution in [1.29, 1.82) is 0 Å². The normalized spacial score (nSPS) is 11.7. The van der Waals surface area contributed by atoms with Crippen LogP contribution in [-0.2, 0) is 6.54 Å². The molecule has 0 radical (unpaired) electrons. The van der Waals surface area contributed by atoms with Crippen LogP contribution in [0.1, 0.15) is 36.7 Å². The molecule has 0 aliphatic carbocycles. The molecule has 0 fully saturated rings. The quantitative estimate of drug-likeness (QED) is 0.265. The van der Waals surface area contributed by atoms with E-state index in [1.807, 2.05) is 74.2 Å². The lowest BCUT2D eigenvalue weighted by molar-refractivity contribution is 0.0773. The molecule has 2 aromatic rings. The van der Waals surface area contributed by atoms with E-state index < -0.39 is 0 Å². The maximum Gasteiger partial charge on any atom is 0.253 e. The number of carbonyl (C=O) groups excluding carboxylic acids is 1. The fourth-order valence-electron chi connectivity index (χ4n) is 3.05. The summed E-state index contributed by atoms with van der Waals surface area (Å²) in [7, 11) is 3.37. The number of hydrogen-bond acceptors (Lipinski definition) is 4. The summed E-state index contributed by atoms with van der Waals surface area (Å²) in [5, 5.41) is 6.55. The van der Waals surface area contributed by atoms with E-state index in [9.17, 15) is 4.79 Å². The Kier molecular flexibility index (Phi) is 12.5. The van der Waals surface area contributed by atoms with Gasteiger partial charge in [0.15, 0.2) is 5.96 Å². The van der Waals surface area contributed by atoms with Crippen LogP contribution in [0.3, 0.4) is 0 Å². The number of nitrogens with one attached hydrogen (secondary N) is 2. The topological polar surface area (TPSA) is 75.2 Å². The lowest BCUT2D eigenvalue weighted by Gasteiger charge is -2.19. The number of guanidine groups is 1. The second kappa shape index (κ2) is 14.5. The summed E-state index contributed by atoms with van der Waals surface area (Å²) in [5.74, 6) is 2.27. The second-order valence-corrected chi connectivity index (χ2v) is 7.09. The van der Waals surface area contributed by atoms with Crippen LogP contribution in [0.5, 0.6) is 11.5 Å². The van der Waals surface area contributed by atoms with Crippen molar-refractivity contribution in [2.24, 2.45) is 4.99 Å². The molecule has 0 aliphatic rings. The van der Waals surface area contributed by atoms with Crippen molar-refractivity contribution in [3.63, 3.8) is 0 Å². The van der Waals surface area contributed by atoms with Gasteiger partial charge in [-0.1, -0.05) is 18.2 Å². The Morgan fingerprint density at radius 3 is 2.31 bits per heavy atom. The minimum Gasteiger partial charge on any atom is -0.497 e. The SMILES string of the molecule is CCN(CC)C(=O)c1ccc(CNC(=NC)NCC(C)Oc2cccc(OC)c2)cc1.I. The Hall–Kier alpha value is -2.49. The third-order valence-electron chi connectivity index (χ3n) is 4.87. The number of rotatable bonds is 10. The summed E-state index contributed by atoms with van der Waals surface area (Å²) in [4.78, 5) is 18.5. The van der Waals surface area contributed by atoms with Crippen LogP contribution in [0.15, 0.2) is 53.5 Å². The van der Waals surface area contributed by atoms with E-state index in [0.29, 0.717) is 37.7 Å². The number of nitrogens with zero attached hydrogens (tertiary/aromatic N) is 2. The first-order valence-electron chi connectivity index (χ1n) is 10.6. The molecule has 0 saturated heterocycles. The molecule has 0 spiro atoms. The molecule has 8 heteroatoms. The molecule has 2 aromatic carbocycles. The van der Waals surface area contributed by atoms with Crippen molar-refractivity contribution in [3.05, 3.63) is 59.7 Å². The molecule has 0 heterocycles. The number of halogens is 1. The van der Waals surface area contributed by atoms with E-state index in [2.05, 4.69) is 15.6 Å². The van der Waals surface area contributed by atoms with E-state index in [1.165, 1.54) is 0 Å². The van der Waals surface area contributed by atoms with Crippen molar-refractivity contribution in [2.45, 2.75) is 33.4 Å². The molecule has 1 atom stereocenters. The highest BCUT2D eigenvalue weighted by Gasteiger charge is 2.12. The Labute approximate surface area is 208 Å². The largest absolute Gasteiger partial charge is 0.497 e. The molecule has 1 unspecified atom stereocenters. The van der Waals surface area contributed by atoms with E-state index >= 15 is 0 Å². The highest BCUT2D eigenvalue weighted by atomic mass is 127. The van der Waals surface area contributed by atoms with Crippen LogP contribution in [0.4, 0.5) is 0 Å². The predicted molar refractivity (Wildman–Crippen MR) is 140 cm³/mol. The van der Waals surface area contributed by atoms with Crippen LogP contribution in [0.2, 0.25) is 0 Å². The average Bonchev–Trinajstić information content (AvgIpc) is 2.80. The number of ether oxygens (including phenoxy) is 2. The van der Waals surface area contributed by atoms with Crippen molar-refractivity contribution in [1.82, 2.24) is 15.5 Å². The summed E-state index contributed by atoms with van der Waals surface area (Å²) in [6, 6.07) is 15.2. The zero-order chi connectivity index (χ0) is 22.6. The van der Waals surface area contributed by atoms with Gasteiger partial charge in [-0.25, -0.2) is 0 Å². The van der Waals surface area contributed by atoms with Gasteiger partial charge in [-0.3, -0.25) is 9.79 Å². The third kappa shape index (κ3) is 8.57. The maximum absolute atomic E-state index is 12.4. The molecular formula is C24H35IN4O3. The molecule has 2 rings (SSSR count). The van der Waals surface area contributed by atoms with Crippen molar-refractivity contribution >= 4 is 35.8 Å². The first-order chi connectivity index (χ1) is 15.0. The second-order valence-electron chi connectivity index (χ2n) is 7.09. The van der Waals surface area contributed by atoms with E-state index in [-0.39, 0.29) is 36.0 Å². The summed E-state index contributed by atoms with van der Waals surface area (Å²) < 4.78 is 11.2. The van der Waals surface area contributed by atoms with Gasteiger partial charge in [0.2, 0.25) is 0 Å². The van der Waals surface area contributed by atoms with Gasteiger partial charge >= 0.3 is 0 Å². The van der Waals surface area contributed by atoms with Gasteiger partial charge in [-0.2, -0.15) is 0 Å². The van der Waals surface area contributed by atoms with Gasteiger partial charge in [0.25, 0.3) is 5.91 Å². The molecule has 0 aromatic heterocycles. The van der Waals surface area contributed by atoms with Gasteiger partial charge < -0.3 is 25.0 Å². The summed E-state index contributed by atoms with van der Waals surface area (Å²) in [5.41, 5.74) is 1.78. The minimum absolute atomic E-state index is 0. The highest BCUT2D eigenvalue weighted by Crippen LogP contribution is 2.19. The van der Waals surface area contributed by atoms with Crippen LogP contribution >= 0.6 is 24.0 Å². The van der Waals surface area contributed by atoms with E-state index in [4.69, 9.17) is 9.47 Å². The Morgan fingerprint density at radius 1 is 1.06 bits per heavy atom.